The standard InChI is InChI=1S/C19H21N3O3/c1-21-18(23)11-15-10-13(6-7-16(15)20-21)19(24)22-8-9-25-17-5-3-2-4-14(17)12-22/h2-5,11,13H,6-10,12H2,1H3. The number of hydrogen-bond acceptors (Lipinski definition) is 4. The molecule has 25 heavy (non-hydrogen) atoms. The second-order valence-electron chi connectivity index (χ2n) is 6.73. The van der Waals surface area contributed by atoms with Gasteiger partial charge in [-0.05, 0) is 30.9 Å². The van der Waals surface area contributed by atoms with Crippen molar-refractivity contribution in [2.24, 2.45) is 13.0 Å². The Bertz CT molecular complexity index is 874. The average Bonchev–Trinajstić information content (AvgIpc) is 2.84. The van der Waals surface area contributed by atoms with Crippen molar-refractivity contribution in [3.8, 4) is 5.75 Å². The summed E-state index contributed by atoms with van der Waals surface area (Å²) in [6, 6.07) is 9.49. The predicted octanol–water partition coefficient (Wildman–Crippen LogP) is 1.31. The van der Waals surface area contributed by atoms with Gasteiger partial charge in [-0.15, -0.1) is 0 Å². The van der Waals surface area contributed by atoms with Crippen molar-refractivity contribution >= 4 is 5.91 Å². The van der Waals surface area contributed by atoms with Crippen molar-refractivity contribution in [3.05, 3.63) is 57.5 Å². The summed E-state index contributed by atoms with van der Waals surface area (Å²) in [4.78, 5) is 26.8. The van der Waals surface area contributed by atoms with Crippen LogP contribution in [0.4, 0.5) is 0 Å². The van der Waals surface area contributed by atoms with Gasteiger partial charge >= 0.3 is 0 Å². The molecule has 0 saturated carbocycles. The van der Waals surface area contributed by atoms with Crippen LogP contribution in [-0.4, -0.2) is 33.7 Å². The largest absolute Gasteiger partial charge is 0.491 e. The first kappa shape index (κ1) is 15.9. The number of fused-ring (bicyclic) bond motifs is 2. The molecule has 0 radical (unpaired) electrons. The minimum atomic E-state index is -0.121. The van der Waals surface area contributed by atoms with Gasteiger partial charge in [0.2, 0.25) is 5.91 Å². The van der Waals surface area contributed by atoms with E-state index in [9.17, 15) is 9.59 Å². The molecule has 6 nitrogen and oxygen atoms in total. The van der Waals surface area contributed by atoms with E-state index in [0.717, 1.165) is 35.4 Å². The van der Waals surface area contributed by atoms with Gasteiger partial charge in [0.15, 0.2) is 0 Å². The number of aryl methyl sites for hydroxylation is 2. The van der Waals surface area contributed by atoms with Gasteiger partial charge in [0.25, 0.3) is 5.56 Å². The highest BCUT2D eigenvalue weighted by Gasteiger charge is 2.30. The maximum absolute atomic E-state index is 13.0. The van der Waals surface area contributed by atoms with Crippen LogP contribution in [0.2, 0.25) is 0 Å². The summed E-state index contributed by atoms with van der Waals surface area (Å²) < 4.78 is 7.12. The molecule has 1 atom stereocenters. The lowest BCUT2D eigenvalue weighted by molar-refractivity contribution is -0.136. The van der Waals surface area contributed by atoms with E-state index < -0.39 is 0 Å². The van der Waals surface area contributed by atoms with Crippen LogP contribution in [0, 0.1) is 5.92 Å². The molecule has 1 aliphatic heterocycles. The Morgan fingerprint density at radius 3 is 3.00 bits per heavy atom. The normalized spacial score (nSPS) is 19.4. The van der Waals surface area contributed by atoms with Gasteiger partial charge in [-0.2, -0.15) is 5.10 Å². The average molecular weight is 339 g/mol. The maximum Gasteiger partial charge on any atom is 0.266 e. The molecule has 1 unspecified atom stereocenters. The summed E-state index contributed by atoms with van der Waals surface area (Å²) in [5.41, 5.74) is 2.78. The molecular weight excluding hydrogens is 318 g/mol. The summed E-state index contributed by atoms with van der Waals surface area (Å²) >= 11 is 0. The van der Waals surface area contributed by atoms with E-state index in [4.69, 9.17) is 4.74 Å². The molecular formula is C19H21N3O3. The van der Waals surface area contributed by atoms with E-state index in [1.807, 2.05) is 29.2 Å². The molecule has 1 aromatic carbocycles. The molecule has 0 fully saturated rings. The van der Waals surface area contributed by atoms with Gasteiger partial charge in [0.1, 0.15) is 12.4 Å². The van der Waals surface area contributed by atoms with Crippen molar-refractivity contribution in [1.29, 1.82) is 0 Å². The lowest BCUT2D eigenvalue weighted by atomic mass is 9.86. The zero-order valence-corrected chi connectivity index (χ0v) is 14.3. The van der Waals surface area contributed by atoms with Gasteiger partial charge in [-0.1, -0.05) is 18.2 Å². The number of carbonyl (C=O) groups excluding carboxylic acids is 1. The molecule has 6 heteroatoms. The number of ether oxygens (including phenoxy) is 1. The third kappa shape index (κ3) is 3.04. The molecule has 1 aliphatic carbocycles. The molecule has 2 aromatic rings. The van der Waals surface area contributed by atoms with Crippen LogP contribution >= 0.6 is 0 Å². The Hall–Kier alpha value is -2.63. The van der Waals surface area contributed by atoms with Crippen molar-refractivity contribution in [2.45, 2.75) is 25.8 Å². The topological polar surface area (TPSA) is 64.4 Å². The highest BCUT2D eigenvalue weighted by atomic mass is 16.5. The zero-order chi connectivity index (χ0) is 17.4. The van der Waals surface area contributed by atoms with Crippen molar-refractivity contribution in [1.82, 2.24) is 14.7 Å². The number of amides is 1. The molecule has 0 bridgehead atoms. The fourth-order valence-corrected chi connectivity index (χ4v) is 3.67. The number of carbonyl (C=O) groups is 1. The molecule has 130 valence electrons. The smallest absolute Gasteiger partial charge is 0.266 e. The van der Waals surface area contributed by atoms with Gasteiger partial charge in [0.05, 0.1) is 12.2 Å². The van der Waals surface area contributed by atoms with Crippen LogP contribution in [0.25, 0.3) is 0 Å². The first-order valence-corrected chi connectivity index (χ1v) is 8.67. The fraction of sp³-hybridized carbons (Fsp3) is 0.421. The number of benzene rings is 1. The van der Waals surface area contributed by atoms with Crippen LogP contribution in [0.5, 0.6) is 5.75 Å². The minimum absolute atomic E-state index is 0.0910. The number of nitrogens with zero attached hydrogens (tertiary/aromatic N) is 3. The van der Waals surface area contributed by atoms with E-state index in [2.05, 4.69) is 5.10 Å². The monoisotopic (exact) mass is 339 g/mol. The van der Waals surface area contributed by atoms with Crippen LogP contribution in [-0.2, 0) is 31.2 Å². The third-order valence-corrected chi connectivity index (χ3v) is 5.07. The molecule has 1 aromatic heterocycles. The fourth-order valence-electron chi connectivity index (χ4n) is 3.67. The minimum Gasteiger partial charge on any atom is -0.491 e. The maximum atomic E-state index is 13.0. The molecule has 0 N–H and O–H groups in total. The van der Waals surface area contributed by atoms with E-state index in [1.165, 1.54) is 4.68 Å². The van der Waals surface area contributed by atoms with Gasteiger partial charge in [-0.3, -0.25) is 9.59 Å². The first-order chi connectivity index (χ1) is 12.1. The van der Waals surface area contributed by atoms with Crippen molar-refractivity contribution in [2.75, 3.05) is 13.2 Å². The SMILES string of the molecule is Cn1nc2c(cc1=O)CC(C(=O)N1CCOc3ccccc3C1)CC2. The summed E-state index contributed by atoms with van der Waals surface area (Å²) in [5.74, 6) is 0.915. The Morgan fingerprint density at radius 1 is 1.28 bits per heavy atom. The van der Waals surface area contributed by atoms with Crippen LogP contribution in [0.1, 0.15) is 23.2 Å². The number of rotatable bonds is 1. The predicted molar refractivity (Wildman–Crippen MR) is 92.3 cm³/mol. The molecule has 0 saturated heterocycles. The Balaban J connectivity index is 1.53. The molecule has 4 rings (SSSR count). The van der Waals surface area contributed by atoms with E-state index in [0.29, 0.717) is 26.1 Å². The van der Waals surface area contributed by atoms with E-state index >= 15 is 0 Å². The second kappa shape index (κ2) is 6.35. The summed E-state index contributed by atoms with van der Waals surface area (Å²) in [6.45, 7) is 1.67. The quantitative estimate of drug-likeness (QED) is 0.786. The Labute approximate surface area is 146 Å². The van der Waals surface area contributed by atoms with E-state index in [-0.39, 0.29) is 17.4 Å². The summed E-state index contributed by atoms with van der Waals surface area (Å²) in [6.07, 6.45) is 2.10. The first-order valence-electron chi connectivity index (χ1n) is 8.67. The summed E-state index contributed by atoms with van der Waals surface area (Å²) in [5, 5.41) is 4.32. The molecule has 1 amide bonds. The van der Waals surface area contributed by atoms with Crippen LogP contribution < -0.4 is 10.3 Å². The van der Waals surface area contributed by atoms with Crippen molar-refractivity contribution < 1.29 is 9.53 Å². The van der Waals surface area contributed by atoms with Gasteiger partial charge in [-0.25, -0.2) is 4.68 Å². The molecule has 2 aliphatic rings. The molecule has 2 heterocycles. The zero-order valence-electron chi connectivity index (χ0n) is 14.3. The number of para-hydroxylation sites is 1. The number of aromatic nitrogens is 2. The second-order valence-corrected chi connectivity index (χ2v) is 6.73. The summed E-state index contributed by atoms with van der Waals surface area (Å²) in [7, 11) is 1.66. The number of hydrogen-bond donors (Lipinski definition) is 0. The third-order valence-electron chi connectivity index (χ3n) is 5.07. The van der Waals surface area contributed by atoms with E-state index in [1.54, 1.807) is 13.1 Å². The molecule has 0 spiro atoms. The van der Waals surface area contributed by atoms with Gasteiger partial charge in [0, 0.05) is 31.1 Å². The Kier molecular flexibility index (Phi) is 4.03. The van der Waals surface area contributed by atoms with Gasteiger partial charge < -0.3 is 9.64 Å². The highest BCUT2D eigenvalue weighted by Crippen LogP contribution is 2.28. The van der Waals surface area contributed by atoms with Crippen LogP contribution in [0.3, 0.4) is 0 Å². The van der Waals surface area contributed by atoms with Crippen molar-refractivity contribution in [3.63, 3.8) is 0 Å². The lowest BCUT2D eigenvalue weighted by Gasteiger charge is -2.28. The highest BCUT2D eigenvalue weighted by molar-refractivity contribution is 5.79. The Morgan fingerprint density at radius 2 is 2.12 bits per heavy atom. The lowest BCUT2D eigenvalue weighted by Crippen LogP contribution is -2.40. The van der Waals surface area contributed by atoms with Crippen LogP contribution in [0.15, 0.2) is 35.1 Å².